The molecule has 0 heterocycles. The maximum Gasteiger partial charge on any atom is 0.138 e. The molecule has 1 unspecified atom stereocenters. The van der Waals surface area contributed by atoms with E-state index in [-0.39, 0.29) is 5.75 Å². The standard InChI is InChI=1S/C19H25ClN2O2/c1-21(2)12-11-19(24,14-5-8-16(20)9-6-14)15-7-10-18(23)17(13-15)22(3)4/h5-10,13,23-24H,11-12H2,1-4H3. The Morgan fingerprint density at radius 1 is 0.958 bits per heavy atom. The average molecular weight is 349 g/mol. The molecular formula is C19H25ClN2O2. The van der Waals surface area contributed by atoms with E-state index in [9.17, 15) is 10.2 Å². The average Bonchev–Trinajstić information content (AvgIpc) is 2.53. The third-order valence-electron chi connectivity index (χ3n) is 4.18. The van der Waals surface area contributed by atoms with Crippen LogP contribution in [0.1, 0.15) is 17.5 Å². The molecule has 0 radical (unpaired) electrons. The normalized spacial score (nSPS) is 13.8. The van der Waals surface area contributed by atoms with Gasteiger partial charge in [0.2, 0.25) is 0 Å². The molecule has 0 aromatic heterocycles. The SMILES string of the molecule is CN(C)CCC(O)(c1ccc(Cl)cc1)c1ccc(O)c(N(C)C)c1. The van der Waals surface area contributed by atoms with E-state index in [1.54, 1.807) is 24.3 Å². The first-order valence-corrected chi connectivity index (χ1v) is 8.26. The maximum atomic E-state index is 11.5. The first-order chi connectivity index (χ1) is 11.2. The molecule has 0 spiro atoms. The van der Waals surface area contributed by atoms with Gasteiger partial charge in [-0.05, 0) is 55.9 Å². The molecule has 2 N–H and O–H groups in total. The molecule has 0 aliphatic rings. The largest absolute Gasteiger partial charge is 0.506 e. The molecule has 2 aromatic rings. The highest BCUT2D eigenvalue weighted by atomic mass is 35.5. The minimum atomic E-state index is -1.16. The zero-order valence-electron chi connectivity index (χ0n) is 14.6. The summed E-state index contributed by atoms with van der Waals surface area (Å²) in [5, 5.41) is 22.2. The second-order valence-electron chi connectivity index (χ2n) is 6.52. The Labute approximate surface area is 148 Å². The van der Waals surface area contributed by atoms with Gasteiger partial charge >= 0.3 is 0 Å². The van der Waals surface area contributed by atoms with Gasteiger partial charge in [-0.15, -0.1) is 0 Å². The zero-order chi connectivity index (χ0) is 17.9. The molecule has 0 aliphatic heterocycles. The molecule has 0 amide bonds. The molecule has 2 rings (SSSR count). The lowest BCUT2D eigenvalue weighted by molar-refractivity contribution is 0.0629. The molecule has 2 aromatic carbocycles. The summed E-state index contributed by atoms with van der Waals surface area (Å²) in [6, 6.07) is 12.5. The molecule has 0 saturated heterocycles. The van der Waals surface area contributed by atoms with Crippen LogP contribution in [0.15, 0.2) is 42.5 Å². The fraction of sp³-hybridized carbons (Fsp3) is 0.368. The van der Waals surface area contributed by atoms with E-state index in [1.807, 2.05) is 56.2 Å². The summed E-state index contributed by atoms with van der Waals surface area (Å²) < 4.78 is 0. The van der Waals surface area contributed by atoms with Crippen molar-refractivity contribution < 1.29 is 10.2 Å². The topological polar surface area (TPSA) is 46.9 Å². The Morgan fingerprint density at radius 2 is 1.54 bits per heavy atom. The summed E-state index contributed by atoms with van der Waals surface area (Å²) in [7, 11) is 7.68. The van der Waals surface area contributed by atoms with Crippen LogP contribution in [0.2, 0.25) is 5.02 Å². The number of aliphatic hydroxyl groups is 1. The predicted octanol–water partition coefficient (Wildman–Crippen LogP) is 3.30. The number of hydrogen-bond donors (Lipinski definition) is 2. The van der Waals surface area contributed by atoms with Crippen molar-refractivity contribution in [3.63, 3.8) is 0 Å². The van der Waals surface area contributed by atoms with Gasteiger partial charge in [0.25, 0.3) is 0 Å². The number of phenols is 1. The first kappa shape index (κ1) is 18.6. The van der Waals surface area contributed by atoms with Crippen molar-refractivity contribution in [2.75, 3.05) is 39.6 Å². The van der Waals surface area contributed by atoms with Crippen LogP contribution in [0.3, 0.4) is 0 Å². The van der Waals surface area contributed by atoms with Gasteiger partial charge in [0.05, 0.1) is 5.69 Å². The number of rotatable bonds is 6. The fourth-order valence-electron chi connectivity index (χ4n) is 2.71. The van der Waals surface area contributed by atoms with Gasteiger partial charge in [0, 0.05) is 25.7 Å². The lowest BCUT2D eigenvalue weighted by Crippen LogP contribution is -2.32. The Morgan fingerprint density at radius 3 is 2.08 bits per heavy atom. The second-order valence-corrected chi connectivity index (χ2v) is 6.95. The molecule has 1 atom stereocenters. The Kier molecular flexibility index (Phi) is 5.75. The summed E-state index contributed by atoms with van der Waals surface area (Å²) >= 11 is 5.99. The van der Waals surface area contributed by atoms with Crippen molar-refractivity contribution in [2.24, 2.45) is 0 Å². The summed E-state index contributed by atoms with van der Waals surface area (Å²) in [4.78, 5) is 3.86. The van der Waals surface area contributed by atoms with Crippen LogP contribution in [0.4, 0.5) is 5.69 Å². The van der Waals surface area contributed by atoms with Crippen LogP contribution in [-0.2, 0) is 5.60 Å². The third kappa shape index (κ3) is 4.01. The van der Waals surface area contributed by atoms with Crippen molar-refractivity contribution in [2.45, 2.75) is 12.0 Å². The quantitative estimate of drug-likeness (QED) is 0.841. The van der Waals surface area contributed by atoms with E-state index in [4.69, 9.17) is 11.6 Å². The van der Waals surface area contributed by atoms with Crippen LogP contribution >= 0.6 is 11.6 Å². The molecule has 0 aliphatic carbocycles. The van der Waals surface area contributed by atoms with Crippen LogP contribution in [0.25, 0.3) is 0 Å². The molecule has 0 saturated carbocycles. The number of benzene rings is 2. The van der Waals surface area contributed by atoms with Crippen molar-refractivity contribution >= 4 is 17.3 Å². The highest BCUT2D eigenvalue weighted by Gasteiger charge is 2.32. The van der Waals surface area contributed by atoms with Gasteiger partial charge in [-0.25, -0.2) is 0 Å². The molecule has 5 heteroatoms. The Balaban J connectivity index is 2.53. The molecule has 130 valence electrons. The molecule has 0 bridgehead atoms. The minimum Gasteiger partial charge on any atom is -0.506 e. The van der Waals surface area contributed by atoms with E-state index < -0.39 is 5.60 Å². The molecular weight excluding hydrogens is 324 g/mol. The van der Waals surface area contributed by atoms with Crippen LogP contribution in [0, 0.1) is 0 Å². The van der Waals surface area contributed by atoms with Crippen LogP contribution < -0.4 is 4.90 Å². The van der Waals surface area contributed by atoms with Crippen molar-refractivity contribution in [1.29, 1.82) is 0 Å². The van der Waals surface area contributed by atoms with Gasteiger partial charge in [-0.2, -0.15) is 0 Å². The lowest BCUT2D eigenvalue weighted by atomic mass is 9.83. The number of hydrogen-bond acceptors (Lipinski definition) is 4. The second kappa shape index (κ2) is 7.43. The number of nitrogens with zero attached hydrogens (tertiary/aromatic N) is 2. The maximum absolute atomic E-state index is 11.5. The van der Waals surface area contributed by atoms with Gasteiger partial charge in [-0.1, -0.05) is 29.8 Å². The van der Waals surface area contributed by atoms with Crippen molar-refractivity contribution in [3.8, 4) is 5.75 Å². The molecule has 24 heavy (non-hydrogen) atoms. The fourth-order valence-corrected chi connectivity index (χ4v) is 2.83. The van der Waals surface area contributed by atoms with Gasteiger partial charge in [0.15, 0.2) is 0 Å². The summed E-state index contributed by atoms with van der Waals surface area (Å²) in [5.74, 6) is 0.190. The highest BCUT2D eigenvalue weighted by molar-refractivity contribution is 6.30. The van der Waals surface area contributed by atoms with E-state index in [0.29, 0.717) is 17.1 Å². The monoisotopic (exact) mass is 348 g/mol. The zero-order valence-corrected chi connectivity index (χ0v) is 15.4. The van der Waals surface area contributed by atoms with E-state index in [1.165, 1.54) is 0 Å². The number of halogens is 1. The third-order valence-corrected chi connectivity index (χ3v) is 4.43. The van der Waals surface area contributed by atoms with Gasteiger partial charge < -0.3 is 20.0 Å². The molecule has 0 fully saturated rings. The van der Waals surface area contributed by atoms with Gasteiger partial charge in [-0.3, -0.25) is 0 Å². The van der Waals surface area contributed by atoms with Crippen LogP contribution in [0.5, 0.6) is 5.75 Å². The van der Waals surface area contributed by atoms with Crippen molar-refractivity contribution in [1.82, 2.24) is 4.90 Å². The summed E-state index contributed by atoms with van der Waals surface area (Å²) in [5.41, 5.74) is 1.04. The smallest absolute Gasteiger partial charge is 0.138 e. The van der Waals surface area contributed by atoms with Crippen molar-refractivity contribution in [3.05, 3.63) is 58.6 Å². The number of anilines is 1. The van der Waals surface area contributed by atoms with Crippen LogP contribution in [-0.4, -0.2) is 49.8 Å². The number of phenolic OH excluding ortho intramolecular Hbond substituents is 1. The first-order valence-electron chi connectivity index (χ1n) is 7.88. The van der Waals surface area contributed by atoms with E-state index in [2.05, 4.69) is 0 Å². The minimum absolute atomic E-state index is 0.190. The predicted molar refractivity (Wildman–Crippen MR) is 100 cm³/mol. The highest BCUT2D eigenvalue weighted by Crippen LogP contribution is 2.38. The number of aromatic hydroxyl groups is 1. The van der Waals surface area contributed by atoms with E-state index in [0.717, 1.165) is 17.7 Å². The molecule has 4 nitrogen and oxygen atoms in total. The summed E-state index contributed by atoms with van der Waals surface area (Å²) in [6.07, 6.45) is 0.527. The lowest BCUT2D eigenvalue weighted by Gasteiger charge is -2.32. The Bertz CT molecular complexity index is 686. The summed E-state index contributed by atoms with van der Waals surface area (Å²) in [6.45, 7) is 0.720. The Hall–Kier alpha value is -1.75. The van der Waals surface area contributed by atoms with E-state index >= 15 is 0 Å². The van der Waals surface area contributed by atoms with Gasteiger partial charge in [0.1, 0.15) is 11.4 Å².